The van der Waals surface area contributed by atoms with Gasteiger partial charge in [-0.1, -0.05) is 36.4 Å². The molecule has 0 aliphatic heterocycles. The largest absolute Gasteiger partial charge is 0.444 e. The Balaban J connectivity index is 1.68. The van der Waals surface area contributed by atoms with Gasteiger partial charge in [0, 0.05) is 11.3 Å². The molecule has 0 aliphatic carbocycles. The summed E-state index contributed by atoms with van der Waals surface area (Å²) in [6, 6.07) is 19.6. The van der Waals surface area contributed by atoms with E-state index in [9.17, 15) is 9.59 Å². The Morgan fingerprint density at radius 2 is 1.73 bits per heavy atom. The summed E-state index contributed by atoms with van der Waals surface area (Å²) in [5.41, 5.74) is 2.00. The van der Waals surface area contributed by atoms with Crippen molar-refractivity contribution in [2.75, 3.05) is 5.32 Å². The Labute approximate surface area is 159 Å². The molecule has 1 atom stereocenters. The first-order valence-corrected chi connectivity index (χ1v) is 8.85. The zero-order valence-corrected chi connectivity index (χ0v) is 15.6. The maximum absolute atomic E-state index is 12.5. The Bertz CT molecular complexity index is 922. The molecule has 2 amide bonds. The van der Waals surface area contributed by atoms with Crippen molar-refractivity contribution in [3.63, 3.8) is 0 Å². The van der Waals surface area contributed by atoms with E-state index in [1.165, 1.54) is 0 Å². The van der Waals surface area contributed by atoms with Crippen LogP contribution >= 0.6 is 15.9 Å². The number of rotatable bonds is 5. The smallest absolute Gasteiger partial charge is 0.291 e. The number of hydrogen-bond donors (Lipinski definition) is 2. The van der Waals surface area contributed by atoms with Gasteiger partial charge in [-0.25, -0.2) is 0 Å². The number of furan rings is 1. The molecule has 0 radical (unpaired) electrons. The summed E-state index contributed by atoms with van der Waals surface area (Å²) in [6.07, 6.45) is 0. The first kappa shape index (κ1) is 17.9. The highest BCUT2D eigenvalue weighted by Crippen LogP contribution is 2.18. The summed E-state index contributed by atoms with van der Waals surface area (Å²) in [5.74, 6) is -0.409. The van der Waals surface area contributed by atoms with Gasteiger partial charge >= 0.3 is 0 Å². The van der Waals surface area contributed by atoms with Crippen molar-refractivity contribution in [3.05, 3.63) is 88.3 Å². The average Bonchev–Trinajstić information content (AvgIpc) is 3.09. The average molecular weight is 413 g/mol. The van der Waals surface area contributed by atoms with E-state index in [1.54, 1.807) is 36.4 Å². The van der Waals surface area contributed by atoms with E-state index in [-0.39, 0.29) is 23.6 Å². The van der Waals surface area contributed by atoms with Gasteiger partial charge in [-0.2, -0.15) is 0 Å². The van der Waals surface area contributed by atoms with Gasteiger partial charge in [-0.3, -0.25) is 9.59 Å². The Morgan fingerprint density at radius 3 is 2.42 bits per heavy atom. The molecule has 0 bridgehead atoms. The zero-order chi connectivity index (χ0) is 18.5. The van der Waals surface area contributed by atoms with Crippen LogP contribution in [0.4, 0.5) is 5.69 Å². The predicted molar refractivity (Wildman–Crippen MR) is 103 cm³/mol. The van der Waals surface area contributed by atoms with Gasteiger partial charge in [0.25, 0.3) is 11.8 Å². The normalized spacial score (nSPS) is 11.6. The van der Waals surface area contributed by atoms with E-state index in [0.717, 1.165) is 5.56 Å². The van der Waals surface area contributed by atoms with Crippen LogP contribution in [-0.4, -0.2) is 11.8 Å². The first-order chi connectivity index (χ1) is 12.5. The second kappa shape index (κ2) is 8.01. The van der Waals surface area contributed by atoms with Gasteiger partial charge in [0.2, 0.25) is 0 Å². The lowest BCUT2D eigenvalue weighted by Crippen LogP contribution is -2.26. The lowest BCUT2D eigenvalue weighted by molar-refractivity contribution is 0.0938. The standard InChI is InChI=1S/C20H17BrN2O3/c1-13(14-6-3-2-4-7-14)22-19(24)15-8-5-9-16(12-15)23-20(25)17-10-11-18(21)26-17/h2-13H,1H3,(H,22,24)(H,23,25)/t13-/m0/s1. The van der Waals surface area contributed by atoms with E-state index in [2.05, 4.69) is 26.6 Å². The molecule has 0 saturated heterocycles. The van der Waals surface area contributed by atoms with Crippen LogP contribution < -0.4 is 10.6 Å². The minimum Gasteiger partial charge on any atom is -0.444 e. The number of amides is 2. The van der Waals surface area contributed by atoms with Crippen LogP contribution in [0.1, 0.15) is 39.4 Å². The van der Waals surface area contributed by atoms with Crippen molar-refractivity contribution < 1.29 is 14.0 Å². The Kier molecular flexibility index (Phi) is 5.53. The van der Waals surface area contributed by atoms with Crippen molar-refractivity contribution in [2.24, 2.45) is 0 Å². The first-order valence-electron chi connectivity index (χ1n) is 8.05. The SMILES string of the molecule is C[C@H](NC(=O)c1cccc(NC(=O)c2ccc(Br)o2)c1)c1ccccc1. The van der Waals surface area contributed by atoms with Crippen molar-refractivity contribution in [1.82, 2.24) is 5.32 Å². The molecule has 1 heterocycles. The lowest BCUT2D eigenvalue weighted by Gasteiger charge is -2.14. The van der Waals surface area contributed by atoms with Gasteiger partial charge in [-0.05, 0) is 58.7 Å². The topological polar surface area (TPSA) is 71.3 Å². The van der Waals surface area contributed by atoms with Crippen LogP contribution in [-0.2, 0) is 0 Å². The fourth-order valence-corrected chi connectivity index (χ4v) is 2.78. The Hall–Kier alpha value is -2.86. The minimum atomic E-state index is -0.383. The number of anilines is 1. The van der Waals surface area contributed by atoms with Crippen molar-refractivity contribution in [2.45, 2.75) is 13.0 Å². The van der Waals surface area contributed by atoms with Crippen LogP contribution in [0.25, 0.3) is 0 Å². The molecule has 3 aromatic rings. The third-order valence-electron chi connectivity index (χ3n) is 3.83. The van der Waals surface area contributed by atoms with Crippen LogP contribution in [0.2, 0.25) is 0 Å². The number of halogens is 1. The van der Waals surface area contributed by atoms with E-state index >= 15 is 0 Å². The van der Waals surface area contributed by atoms with E-state index < -0.39 is 0 Å². The minimum absolute atomic E-state index is 0.123. The molecule has 0 aliphatic rings. The fourth-order valence-electron chi connectivity index (χ4n) is 2.47. The van der Waals surface area contributed by atoms with Gasteiger partial charge in [0.15, 0.2) is 10.4 Å². The molecule has 1 aromatic heterocycles. The van der Waals surface area contributed by atoms with Crippen molar-refractivity contribution in [3.8, 4) is 0 Å². The zero-order valence-electron chi connectivity index (χ0n) is 14.0. The molecular formula is C20H17BrN2O3. The summed E-state index contributed by atoms with van der Waals surface area (Å²) in [4.78, 5) is 24.6. The van der Waals surface area contributed by atoms with Gasteiger partial charge in [0.05, 0.1) is 6.04 Å². The molecule has 0 fully saturated rings. The number of carbonyl (C=O) groups excluding carboxylic acids is 2. The van der Waals surface area contributed by atoms with Gasteiger partial charge in [0.1, 0.15) is 0 Å². The summed E-state index contributed by atoms with van der Waals surface area (Å²) >= 11 is 3.16. The number of benzene rings is 2. The molecule has 26 heavy (non-hydrogen) atoms. The molecule has 0 saturated carbocycles. The molecule has 0 spiro atoms. The molecule has 3 rings (SSSR count). The second-order valence-corrected chi connectivity index (χ2v) is 6.53. The number of hydrogen-bond acceptors (Lipinski definition) is 3. The summed E-state index contributed by atoms with van der Waals surface area (Å²) in [6.45, 7) is 1.92. The van der Waals surface area contributed by atoms with Crippen molar-refractivity contribution in [1.29, 1.82) is 0 Å². The molecular weight excluding hydrogens is 396 g/mol. The maximum Gasteiger partial charge on any atom is 0.291 e. The third-order valence-corrected chi connectivity index (χ3v) is 4.25. The third kappa shape index (κ3) is 4.40. The Morgan fingerprint density at radius 1 is 0.962 bits per heavy atom. The maximum atomic E-state index is 12.5. The lowest BCUT2D eigenvalue weighted by atomic mass is 10.1. The van der Waals surface area contributed by atoms with Crippen LogP contribution in [0, 0.1) is 0 Å². The molecule has 2 aromatic carbocycles. The summed E-state index contributed by atoms with van der Waals surface area (Å²) < 4.78 is 5.70. The van der Waals surface area contributed by atoms with Crippen LogP contribution in [0.15, 0.2) is 75.8 Å². The monoisotopic (exact) mass is 412 g/mol. The second-order valence-electron chi connectivity index (χ2n) is 5.74. The van der Waals surface area contributed by atoms with Crippen LogP contribution in [0.3, 0.4) is 0 Å². The molecule has 0 unspecified atom stereocenters. The van der Waals surface area contributed by atoms with E-state index in [1.807, 2.05) is 37.3 Å². The number of carbonyl (C=O) groups is 2. The highest BCUT2D eigenvalue weighted by Gasteiger charge is 2.14. The molecule has 2 N–H and O–H groups in total. The highest BCUT2D eigenvalue weighted by molar-refractivity contribution is 9.10. The number of nitrogens with one attached hydrogen (secondary N) is 2. The van der Waals surface area contributed by atoms with E-state index in [4.69, 9.17) is 4.42 Å². The predicted octanol–water partition coefficient (Wildman–Crippen LogP) is 4.79. The molecule has 132 valence electrons. The summed E-state index contributed by atoms with van der Waals surface area (Å²) in [5, 5.41) is 5.67. The molecule has 5 nitrogen and oxygen atoms in total. The van der Waals surface area contributed by atoms with Gasteiger partial charge in [-0.15, -0.1) is 0 Å². The highest BCUT2D eigenvalue weighted by atomic mass is 79.9. The quantitative estimate of drug-likeness (QED) is 0.632. The van der Waals surface area contributed by atoms with E-state index in [0.29, 0.717) is 15.9 Å². The van der Waals surface area contributed by atoms with Crippen LogP contribution in [0.5, 0.6) is 0 Å². The fraction of sp³-hybridized carbons (Fsp3) is 0.100. The summed E-state index contributed by atoms with van der Waals surface area (Å²) in [7, 11) is 0. The van der Waals surface area contributed by atoms with Crippen molar-refractivity contribution >= 4 is 33.4 Å². The van der Waals surface area contributed by atoms with Gasteiger partial charge < -0.3 is 15.1 Å². The molecule has 6 heteroatoms.